The Morgan fingerprint density at radius 3 is 2.70 bits per heavy atom. The Labute approximate surface area is 115 Å². The maximum absolute atomic E-state index is 12.2. The van der Waals surface area contributed by atoms with E-state index >= 15 is 0 Å². The molecular weight excluding hydrogens is 264 g/mol. The number of hydrogen-bond acceptors (Lipinski definition) is 4. The highest BCUT2D eigenvalue weighted by Gasteiger charge is 2.25. The highest BCUT2D eigenvalue weighted by atomic mass is 16.5. The number of carboxylic acids is 1. The van der Waals surface area contributed by atoms with Gasteiger partial charge in [-0.25, -0.2) is 4.79 Å². The molecule has 2 heterocycles. The van der Waals surface area contributed by atoms with Crippen LogP contribution in [0.1, 0.15) is 23.2 Å². The average Bonchev–Trinajstić information content (AvgIpc) is 2.45. The molecule has 1 aromatic rings. The zero-order valence-electron chi connectivity index (χ0n) is 10.9. The monoisotopic (exact) mass is 280 g/mol. The number of hydrogen-bond donors (Lipinski definition) is 2. The Hall–Kier alpha value is -2.15. The SMILES string of the molecule is O=C(O)COC1CCN(C(=O)c2ccc[nH]c2=O)CC1. The van der Waals surface area contributed by atoms with Crippen LogP contribution < -0.4 is 5.56 Å². The van der Waals surface area contributed by atoms with Gasteiger partial charge in [0.2, 0.25) is 0 Å². The fraction of sp³-hybridized carbons (Fsp3) is 0.462. The van der Waals surface area contributed by atoms with Crippen LogP contribution in [-0.2, 0) is 9.53 Å². The Morgan fingerprint density at radius 1 is 1.40 bits per heavy atom. The minimum Gasteiger partial charge on any atom is -0.480 e. The molecule has 0 aliphatic carbocycles. The number of carbonyl (C=O) groups excluding carboxylic acids is 1. The highest BCUT2D eigenvalue weighted by Crippen LogP contribution is 2.15. The van der Waals surface area contributed by atoms with E-state index in [9.17, 15) is 14.4 Å². The summed E-state index contributed by atoms with van der Waals surface area (Å²) in [6.45, 7) is 0.589. The number of H-pyrrole nitrogens is 1. The minimum atomic E-state index is -1.00. The third-order valence-electron chi connectivity index (χ3n) is 3.22. The van der Waals surface area contributed by atoms with E-state index < -0.39 is 11.5 Å². The molecule has 0 atom stereocenters. The number of aliphatic carboxylic acids is 1. The fourth-order valence-corrected chi connectivity index (χ4v) is 2.18. The molecule has 0 bridgehead atoms. The number of aromatic amines is 1. The zero-order chi connectivity index (χ0) is 14.5. The Bertz CT molecular complexity index is 546. The van der Waals surface area contributed by atoms with Crippen molar-refractivity contribution < 1.29 is 19.4 Å². The topological polar surface area (TPSA) is 99.7 Å². The van der Waals surface area contributed by atoms with E-state index in [1.807, 2.05) is 0 Å². The fourth-order valence-electron chi connectivity index (χ4n) is 2.18. The van der Waals surface area contributed by atoms with Crippen molar-refractivity contribution in [2.45, 2.75) is 18.9 Å². The van der Waals surface area contributed by atoms with Gasteiger partial charge in [-0.3, -0.25) is 9.59 Å². The van der Waals surface area contributed by atoms with Crippen LogP contribution in [0.5, 0.6) is 0 Å². The molecule has 1 aliphatic rings. The lowest BCUT2D eigenvalue weighted by Gasteiger charge is -2.31. The number of amides is 1. The third kappa shape index (κ3) is 3.45. The number of carboxylic acid groups (broad SMARTS) is 1. The van der Waals surface area contributed by atoms with Gasteiger partial charge in [-0.15, -0.1) is 0 Å². The second-order valence-electron chi connectivity index (χ2n) is 4.61. The summed E-state index contributed by atoms with van der Waals surface area (Å²) >= 11 is 0. The van der Waals surface area contributed by atoms with Crippen LogP contribution >= 0.6 is 0 Å². The number of nitrogens with zero attached hydrogens (tertiary/aromatic N) is 1. The Kier molecular flexibility index (Phi) is 4.52. The maximum Gasteiger partial charge on any atom is 0.329 e. The van der Waals surface area contributed by atoms with Gasteiger partial charge in [0.15, 0.2) is 0 Å². The second-order valence-corrected chi connectivity index (χ2v) is 4.61. The van der Waals surface area contributed by atoms with E-state index in [2.05, 4.69) is 4.98 Å². The summed E-state index contributed by atoms with van der Waals surface area (Å²) in [6.07, 6.45) is 2.47. The summed E-state index contributed by atoms with van der Waals surface area (Å²) in [5.41, 5.74) is -0.279. The molecule has 0 saturated carbocycles. The van der Waals surface area contributed by atoms with Gasteiger partial charge >= 0.3 is 5.97 Å². The van der Waals surface area contributed by atoms with Crippen LogP contribution in [0.15, 0.2) is 23.1 Å². The molecule has 1 aliphatic heterocycles. The van der Waals surface area contributed by atoms with E-state index in [0.717, 1.165) is 0 Å². The Balaban J connectivity index is 1.91. The molecule has 1 amide bonds. The molecule has 2 rings (SSSR count). The van der Waals surface area contributed by atoms with Crippen molar-refractivity contribution >= 4 is 11.9 Å². The summed E-state index contributed by atoms with van der Waals surface area (Å²) in [4.78, 5) is 38.2. The van der Waals surface area contributed by atoms with Crippen molar-refractivity contribution in [2.75, 3.05) is 19.7 Å². The van der Waals surface area contributed by atoms with Crippen LogP contribution in [0.4, 0.5) is 0 Å². The molecule has 0 unspecified atom stereocenters. The first-order chi connectivity index (χ1) is 9.58. The number of likely N-dealkylation sites (tertiary alicyclic amines) is 1. The molecule has 0 spiro atoms. The van der Waals surface area contributed by atoms with Crippen LogP contribution in [0, 0.1) is 0 Å². The maximum atomic E-state index is 12.2. The van der Waals surface area contributed by atoms with Gasteiger partial charge in [0.1, 0.15) is 12.2 Å². The number of aromatic nitrogens is 1. The molecule has 1 aromatic heterocycles. The first-order valence-corrected chi connectivity index (χ1v) is 6.38. The molecule has 0 radical (unpaired) electrons. The predicted molar refractivity (Wildman–Crippen MR) is 69.6 cm³/mol. The van der Waals surface area contributed by atoms with E-state index in [-0.39, 0.29) is 24.2 Å². The average molecular weight is 280 g/mol. The largest absolute Gasteiger partial charge is 0.480 e. The Morgan fingerprint density at radius 2 is 2.10 bits per heavy atom. The summed E-state index contributed by atoms with van der Waals surface area (Å²) in [6, 6.07) is 3.10. The molecule has 7 nitrogen and oxygen atoms in total. The van der Waals surface area contributed by atoms with Crippen LogP contribution in [0.25, 0.3) is 0 Å². The number of carbonyl (C=O) groups is 2. The van der Waals surface area contributed by atoms with Crippen molar-refractivity contribution in [2.24, 2.45) is 0 Å². The zero-order valence-corrected chi connectivity index (χ0v) is 10.9. The normalized spacial score (nSPS) is 16.1. The third-order valence-corrected chi connectivity index (χ3v) is 3.22. The van der Waals surface area contributed by atoms with Crippen molar-refractivity contribution in [3.05, 3.63) is 34.2 Å². The number of nitrogens with one attached hydrogen (secondary N) is 1. The number of rotatable bonds is 4. The summed E-state index contributed by atoms with van der Waals surface area (Å²) < 4.78 is 5.20. The van der Waals surface area contributed by atoms with Crippen molar-refractivity contribution in [1.29, 1.82) is 0 Å². The van der Waals surface area contributed by atoms with Crippen molar-refractivity contribution in [3.63, 3.8) is 0 Å². The van der Waals surface area contributed by atoms with Gasteiger partial charge in [-0.2, -0.15) is 0 Å². The standard InChI is InChI=1S/C13H16N2O5/c16-11(17)8-20-9-3-6-15(7-4-9)13(19)10-2-1-5-14-12(10)18/h1-2,5,9H,3-4,6-8H2,(H,14,18)(H,16,17). The molecule has 2 N–H and O–H groups in total. The highest BCUT2D eigenvalue weighted by molar-refractivity contribution is 5.93. The molecule has 0 aromatic carbocycles. The predicted octanol–water partition coefficient (Wildman–Crippen LogP) is 0.0807. The molecule has 7 heteroatoms. The number of ether oxygens (including phenoxy) is 1. The summed E-state index contributed by atoms with van der Waals surface area (Å²) in [5, 5.41) is 8.54. The molecule has 108 valence electrons. The number of piperidine rings is 1. The van der Waals surface area contributed by atoms with Gasteiger partial charge in [0.25, 0.3) is 11.5 Å². The van der Waals surface area contributed by atoms with Gasteiger partial charge in [-0.1, -0.05) is 0 Å². The van der Waals surface area contributed by atoms with Gasteiger partial charge in [-0.05, 0) is 25.0 Å². The first-order valence-electron chi connectivity index (χ1n) is 6.38. The molecule has 1 saturated heterocycles. The van der Waals surface area contributed by atoms with E-state index in [4.69, 9.17) is 9.84 Å². The minimum absolute atomic E-state index is 0.123. The lowest BCUT2D eigenvalue weighted by Crippen LogP contribution is -2.42. The molecular formula is C13H16N2O5. The summed E-state index contributed by atoms with van der Waals surface area (Å²) in [5.74, 6) is -1.30. The van der Waals surface area contributed by atoms with E-state index in [1.54, 1.807) is 11.0 Å². The van der Waals surface area contributed by atoms with Crippen LogP contribution in [0.2, 0.25) is 0 Å². The lowest BCUT2D eigenvalue weighted by atomic mass is 10.1. The number of pyridine rings is 1. The van der Waals surface area contributed by atoms with Gasteiger partial charge < -0.3 is 19.7 Å². The molecule has 20 heavy (non-hydrogen) atoms. The van der Waals surface area contributed by atoms with Gasteiger partial charge in [0, 0.05) is 19.3 Å². The van der Waals surface area contributed by atoms with E-state index in [0.29, 0.717) is 25.9 Å². The summed E-state index contributed by atoms with van der Waals surface area (Å²) in [7, 11) is 0. The van der Waals surface area contributed by atoms with Gasteiger partial charge in [0.05, 0.1) is 6.10 Å². The van der Waals surface area contributed by atoms with Crippen LogP contribution in [-0.4, -0.2) is 52.7 Å². The molecule has 1 fully saturated rings. The second kappa shape index (κ2) is 6.33. The first kappa shape index (κ1) is 14.3. The smallest absolute Gasteiger partial charge is 0.329 e. The quantitative estimate of drug-likeness (QED) is 0.813. The van der Waals surface area contributed by atoms with Crippen molar-refractivity contribution in [3.8, 4) is 0 Å². The van der Waals surface area contributed by atoms with Crippen molar-refractivity contribution in [1.82, 2.24) is 9.88 Å². The lowest BCUT2D eigenvalue weighted by molar-refractivity contribution is -0.145. The van der Waals surface area contributed by atoms with E-state index in [1.165, 1.54) is 12.3 Å². The van der Waals surface area contributed by atoms with Crippen LogP contribution in [0.3, 0.4) is 0 Å².